The van der Waals surface area contributed by atoms with Gasteiger partial charge in [-0.15, -0.1) is 0 Å². The summed E-state index contributed by atoms with van der Waals surface area (Å²) in [5.74, 6) is 0. The van der Waals surface area contributed by atoms with Crippen molar-refractivity contribution < 1.29 is 0 Å². The summed E-state index contributed by atoms with van der Waals surface area (Å²) in [4.78, 5) is 0. The van der Waals surface area contributed by atoms with Gasteiger partial charge in [-0.1, -0.05) is 45.4 Å². The molecule has 1 aromatic carbocycles. The first-order valence-corrected chi connectivity index (χ1v) is 6.98. The van der Waals surface area contributed by atoms with Crippen LogP contribution in [0.1, 0.15) is 62.8 Å². The zero-order valence-electron chi connectivity index (χ0n) is 11.6. The molecule has 0 aliphatic heterocycles. The quantitative estimate of drug-likeness (QED) is 0.682. The topological polar surface area (TPSA) is 0 Å². The van der Waals surface area contributed by atoms with Gasteiger partial charge in [-0.3, -0.25) is 0 Å². The van der Waals surface area contributed by atoms with Crippen molar-refractivity contribution in [2.75, 3.05) is 0 Å². The van der Waals surface area contributed by atoms with Crippen molar-refractivity contribution in [3.05, 3.63) is 46.4 Å². The Morgan fingerprint density at radius 1 is 0.824 bits per heavy atom. The fourth-order valence-electron chi connectivity index (χ4n) is 3.08. The summed E-state index contributed by atoms with van der Waals surface area (Å²) in [6.45, 7) is 9.09. The SMILES string of the molecule is CCC1=C(CC)c2c(ccc(CC)c2CC)[CH]1. The van der Waals surface area contributed by atoms with Gasteiger partial charge >= 0.3 is 0 Å². The van der Waals surface area contributed by atoms with Crippen molar-refractivity contribution in [2.45, 2.75) is 53.4 Å². The Morgan fingerprint density at radius 2 is 1.59 bits per heavy atom. The summed E-state index contributed by atoms with van der Waals surface area (Å²) in [6, 6.07) is 4.63. The van der Waals surface area contributed by atoms with Crippen LogP contribution in [0, 0.1) is 6.42 Å². The van der Waals surface area contributed by atoms with E-state index in [1.807, 2.05) is 0 Å². The Kier molecular flexibility index (Phi) is 3.71. The molecular weight excluding hydrogens is 204 g/mol. The standard InChI is InChI=1S/C17H23/c1-5-12-9-10-14-11-13(6-2)16(8-4)17(14)15(12)7-3/h9-11H,5-8H2,1-4H3. The zero-order valence-corrected chi connectivity index (χ0v) is 11.6. The smallest absolute Gasteiger partial charge is 0.0167 e. The molecule has 2 rings (SSSR count). The van der Waals surface area contributed by atoms with E-state index >= 15 is 0 Å². The van der Waals surface area contributed by atoms with Crippen LogP contribution in [0.2, 0.25) is 0 Å². The van der Waals surface area contributed by atoms with Crippen LogP contribution in [0.5, 0.6) is 0 Å². The van der Waals surface area contributed by atoms with Crippen LogP contribution in [0.4, 0.5) is 0 Å². The van der Waals surface area contributed by atoms with Crippen LogP contribution in [-0.4, -0.2) is 0 Å². The van der Waals surface area contributed by atoms with Gasteiger partial charge in [0.1, 0.15) is 0 Å². The van der Waals surface area contributed by atoms with Crippen molar-refractivity contribution in [2.24, 2.45) is 0 Å². The van der Waals surface area contributed by atoms with Gasteiger partial charge in [0.2, 0.25) is 0 Å². The number of aryl methyl sites for hydroxylation is 1. The molecule has 91 valence electrons. The second-order valence-electron chi connectivity index (χ2n) is 4.73. The Bertz CT molecular complexity index is 449. The first-order chi connectivity index (χ1) is 8.26. The molecule has 0 fully saturated rings. The highest BCUT2D eigenvalue weighted by Gasteiger charge is 2.22. The molecule has 1 aromatic rings. The summed E-state index contributed by atoms with van der Waals surface area (Å²) in [7, 11) is 0. The van der Waals surface area contributed by atoms with E-state index < -0.39 is 0 Å². The van der Waals surface area contributed by atoms with Crippen molar-refractivity contribution in [1.29, 1.82) is 0 Å². The third kappa shape index (κ3) is 1.94. The molecule has 0 heterocycles. The van der Waals surface area contributed by atoms with E-state index in [0.717, 1.165) is 25.7 Å². The zero-order chi connectivity index (χ0) is 12.4. The molecule has 0 amide bonds. The summed E-state index contributed by atoms with van der Waals surface area (Å²) in [6.07, 6.45) is 7.01. The maximum atomic E-state index is 2.40. The van der Waals surface area contributed by atoms with Gasteiger partial charge in [0, 0.05) is 6.42 Å². The molecule has 0 saturated heterocycles. The minimum Gasteiger partial charge on any atom is -0.0616 e. The van der Waals surface area contributed by atoms with Crippen LogP contribution >= 0.6 is 0 Å². The fraction of sp³-hybridized carbons (Fsp3) is 0.471. The predicted molar refractivity (Wildman–Crippen MR) is 76.1 cm³/mol. The number of hydrogen-bond donors (Lipinski definition) is 0. The lowest BCUT2D eigenvalue weighted by molar-refractivity contribution is 1.02. The Balaban J connectivity index is 2.62. The van der Waals surface area contributed by atoms with E-state index in [2.05, 4.69) is 46.2 Å². The van der Waals surface area contributed by atoms with Crippen molar-refractivity contribution >= 4 is 5.57 Å². The average molecular weight is 227 g/mol. The van der Waals surface area contributed by atoms with Crippen molar-refractivity contribution in [3.8, 4) is 0 Å². The first kappa shape index (κ1) is 12.4. The molecule has 17 heavy (non-hydrogen) atoms. The molecule has 0 unspecified atom stereocenters. The highest BCUT2D eigenvalue weighted by molar-refractivity contribution is 5.82. The largest absolute Gasteiger partial charge is 0.0616 e. The second-order valence-corrected chi connectivity index (χ2v) is 4.73. The van der Waals surface area contributed by atoms with E-state index in [0.29, 0.717) is 0 Å². The van der Waals surface area contributed by atoms with E-state index in [1.54, 1.807) is 22.3 Å². The van der Waals surface area contributed by atoms with Gasteiger partial charge in [-0.2, -0.15) is 0 Å². The maximum absolute atomic E-state index is 2.40. The van der Waals surface area contributed by atoms with E-state index in [9.17, 15) is 0 Å². The Labute approximate surface area is 106 Å². The third-order valence-corrected chi connectivity index (χ3v) is 3.93. The minimum absolute atomic E-state index is 1.15. The molecule has 0 aromatic heterocycles. The number of allylic oxidation sites excluding steroid dienone is 2. The minimum atomic E-state index is 1.15. The van der Waals surface area contributed by atoms with Crippen LogP contribution in [-0.2, 0) is 12.8 Å². The summed E-state index contributed by atoms with van der Waals surface area (Å²) in [5, 5.41) is 0. The number of hydrogen-bond acceptors (Lipinski definition) is 0. The molecule has 0 nitrogen and oxygen atoms in total. The highest BCUT2D eigenvalue weighted by Crippen LogP contribution is 2.41. The lowest BCUT2D eigenvalue weighted by Gasteiger charge is -2.14. The first-order valence-electron chi connectivity index (χ1n) is 6.98. The molecule has 1 aliphatic rings. The van der Waals surface area contributed by atoms with Crippen LogP contribution in [0.15, 0.2) is 17.7 Å². The fourth-order valence-corrected chi connectivity index (χ4v) is 3.08. The Hall–Kier alpha value is -1.04. The van der Waals surface area contributed by atoms with Gasteiger partial charge in [0.15, 0.2) is 0 Å². The molecule has 0 atom stereocenters. The summed E-state index contributed by atoms with van der Waals surface area (Å²) >= 11 is 0. The molecular formula is C17H23. The third-order valence-electron chi connectivity index (χ3n) is 3.93. The molecule has 0 heteroatoms. The lowest BCUT2D eigenvalue weighted by atomic mass is 9.90. The second kappa shape index (κ2) is 5.08. The van der Waals surface area contributed by atoms with Gasteiger partial charge in [-0.05, 0) is 53.5 Å². The van der Waals surface area contributed by atoms with E-state index in [-0.39, 0.29) is 0 Å². The van der Waals surface area contributed by atoms with Gasteiger partial charge < -0.3 is 0 Å². The maximum Gasteiger partial charge on any atom is 0.0167 e. The molecule has 0 saturated carbocycles. The molecule has 0 N–H and O–H groups in total. The van der Waals surface area contributed by atoms with E-state index in [4.69, 9.17) is 0 Å². The Morgan fingerprint density at radius 3 is 2.12 bits per heavy atom. The van der Waals surface area contributed by atoms with E-state index in [1.165, 1.54) is 11.1 Å². The number of benzene rings is 1. The normalized spacial score (nSPS) is 14.4. The molecule has 0 spiro atoms. The lowest BCUT2D eigenvalue weighted by Crippen LogP contribution is -1.98. The molecule has 1 radical (unpaired) electrons. The molecule has 0 bridgehead atoms. The van der Waals surface area contributed by atoms with Gasteiger partial charge in [0.05, 0.1) is 0 Å². The van der Waals surface area contributed by atoms with Crippen LogP contribution < -0.4 is 0 Å². The highest BCUT2D eigenvalue weighted by atomic mass is 14.3. The monoisotopic (exact) mass is 227 g/mol. The van der Waals surface area contributed by atoms with Crippen LogP contribution in [0.3, 0.4) is 0 Å². The number of fused-ring (bicyclic) bond motifs is 1. The van der Waals surface area contributed by atoms with Gasteiger partial charge in [-0.25, -0.2) is 0 Å². The van der Waals surface area contributed by atoms with Crippen molar-refractivity contribution in [1.82, 2.24) is 0 Å². The summed E-state index contributed by atoms with van der Waals surface area (Å²) in [5.41, 5.74) is 9.27. The number of rotatable bonds is 4. The summed E-state index contributed by atoms with van der Waals surface area (Å²) < 4.78 is 0. The average Bonchev–Trinajstić information content (AvgIpc) is 2.74. The van der Waals surface area contributed by atoms with Crippen LogP contribution in [0.25, 0.3) is 5.57 Å². The van der Waals surface area contributed by atoms with Crippen molar-refractivity contribution in [3.63, 3.8) is 0 Å². The predicted octanol–water partition coefficient (Wildman–Crippen LogP) is 4.95. The molecule has 1 aliphatic carbocycles. The van der Waals surface area contributed by atoms with Gasteiger partial charge in [0.25, 0.3) is 0 Å².